The van der Waals surface area contributed by atoms with Crippen LogP contribution in [0.25, 0.3) is 0 Å². The molecule has 0 unspecified atom stereocenters. The second-order valence-electron chi connectivity index (χ2n) is 5.63. The van der Waals surface area contributed by atoms with Gasteiger partial charge in [0.25, 0.3) is 5.91 Å². The number of aryl methyl sites for hydroxylation is 2. The van der Waals surface area contributed by atoms with Crippen molar-refractivity contribution in [2.45, 2.75) is 39.8 Å². The van der Waals surface area contributed by atoms with Crippen LogP contribution in [0.1, 0.15) is 30.0 Å². The lowest BCUT2D eigenvalue weighted by molar-refractivity contribution is -0.128. The second-order valence-corrected chi connectivity index (χ2v) is 6.04. The minimum absolute atomic E-state index is 0.110. The summed E-state index contributed by atoms with van der Waals surface area (Å²) in [6.07, 6.45) is 0.0850. The summed E-state index contributed by atoms with van der Waals surface area (Å²) in [7, 11) is 0. The Kier molecular flexibility index (Phi) is 6.05. The van der Waals surface area contributed by atoms with Gasteiger partial charge in [0.05, 0.1) is 0 Å². The molecule has 2 aromatic rings. The van der Waals surface area contributed by atoms with Crippen LogP contribution in [0.4, 0.5) is 0 Å². The highest BCUT2D eigenvalue weighted by Gasteiger charge is 2.18. The average molecular weight is 332 g/mol. The molecule has 0 fully saturated rings. The van der Waals surface area contributed by atoms with E-state index < -0.39 is 6.10 Å². The molecule has 1 atom stereocenters. The minimum Gasteiger partial charge on any atom is -0.481 e. The zero-order chi connectivity index (χ0) is 16.8. The fourth-order valence-electron chi connectivity index (χ4n) is 2.30. The minimum atomic E-state index is -0.514. The first-order valence-corrected chi connectivity index (χ1v) is 8.13. The van der Waals surface area contributed by atoms with E-state index in [-0.39, 0.29) is 5.91 Å². The van der Waals surface area contributed by atoms with E-state index in [0.29, 0.717) is 23.7 Å². The van der Waals surface area contributed by atoms with Gasteiger partial charge < -0.3 is 10.1 Å². The van der Waals surface area contributed by atoms with Crippen molar-refractivity contribution in [1.82, 2.24) is 5.32 Å². The summed E-state index contributed by atoms with van der Waals surface area (Å²) in [5.41, 5.74) is 3.19. The number of carbonyl (C=O) groups excluding carboxylic acids is 1. The molecule has 0 spiro atoms. The van der Waals surface area contributed by atoms with Crippen molar-refractivity contribution < 1.29 is 9.53 Å². The topological polar surface area (TPSA) is 38.3 Å². The van der Waals surface area contributed by atoms with E-state index in [0.717, 1.165) is 11.1 Å². The van der Waals surface area contributed by atoms with Crippen LogP contribution in [0.2, 0.25) is 5.02 Å². The zero-order valence-electron chi connectivity index (χ0n) is 13.7. The molecule has 0 radical (unpaired) electrons. The maximum Gasteiger partial charge on any atom is 0.261 e. The maximum absolute atomic E-state index is 12.3. The number of amides is 1. The molecule has 4 heteroatoms. The number of hydrogen-bond acceptors (Lipinski definition) is 2. The molecule has 2 rings (SSSR count). The van der Waals surface area contributed by atoms with Crippen LogP contribution in [-0.4, -0.2) is 12.0 Å². The number of ether oxygens (including phenoxy) is 1. The Balaban J connectivity index is 1.96. The smallest absolute Gasteiger partial charge is 0.261 e. The maximum atomic E-state index is 12.3. The fraction of sp³-hybridized carbons (Fsp3) is 0.316. The molecule has 0 aliphatic carbocycles. The molecule has 0 aliphatic heterocycles. The first-order chi connectivity index (χ1) is 11.0. The van der Waals surface area contributed by atoms with Crippen LogP contribution in [-0.2, 0) is 11.3 Å². The highest BCUT2D eigenvalue weighted by Crippen LogP contribution is 2.22. The monoisotopic (exact) mass is 331 g/mol. The quantitative estimate of drug-likeness (QED) is 0.850. The van der Waals surface area contributed by atoms with Crippen LogP contribution < -0.4 is 10.1 Å². The summed E-state index contributed by atoms with van der Waals surface area (Å²) in [5.74, 6) is 0.547. The van der Waals surface area contributed by atoms with Gasteiger partial charge in [0.1, 0.15) is 5.75 Å². The van der Waals surface area contributed by atoms with Crippen molar-refractivity contribution in [3.8, 4) is 5.75 Å². The molecular formula is C19H22ClNO2. The van der Waals surface area contributed by atoms with Gasteiger partial charge in [-0.1, -0.05) is 48.4 Å². The van der Waals surface area contributed by atoms with Crippen molar-refractivity contribution >= 4 is 17.5 Å². The van der Waals surface area contributed by atoms with Crippen molar-refractivity contribution in [3.63, 3.8) is 0 Å². The van der Waals surface area contributed by atoms with E-state index in [1.807, 2.05) is 45.0 Å². The van der Waals surface area contributed by atoms with E-state index >= 15 is 0 Å². The van der Waals surface area contributed by atoms with Crippen molar-refractivity contribution in [2.24, 2.45) is 0 Å². The first-order valence-electron chi connectivity index (χ1n) is 7.75. The van der Waals surface area contributed by atoms with Crippen LogP contribution in [0, 0.1) is 13.8 Å². The summed E-state index contributed by atoms with van der Waals surface area (Å²) in [6.45, 7) is 6.37. The van der Waals surface area contributed by atoms with Gasteiger partial charge in [0.15, 0.2) is 6.10 Å². The Morgan fingerprint density at radius 1 is 1.22 bits per heavy atom. The summed E-state index contributed by atoms with van der Waals surface area (Å²) in [4.78, 5) is 12.3. The fourth-order valence-corrected chi connectivity index (χ4v) is 2.42. The van der Waals surface area contributed by atoms with E-state index in [2.05, 4.69) is 11.4 Å². The Hall–Kier alpha value is -2.00. The van der Waals surface area contributed by atoms with Crippen LogP contribution >= 0.6 is 11.6 Å². The van der Waals surface area contributed by atoms with Crippen molar-refractivity contribution in [3.05, 3.63) is 64.2 Å². The van der Waals surface area contributed by atoms with Gasteiger partial charge in [-0.15, -0.1) is 0 Å². The van der Waals surface area contributed by atoms with Gasteiger partial charge in [0.2, 0.25) is 0 Å². The lowest BCUT2D eigenvalue weighted by atomic mass is 10.1. The first kappa shape index (κ1) is 17.4. The Bertz CT molecular complexity index is 685. The van der Waals surface area contributed by atoms with E-state index in [4.69, 9.17) is 16.3 Å². The molecule has 2 aromatic carbocycles. The van der Waals surface area contributed by atoms with Gasteiger partial charge >= 0.3 is 0 Å². The number of halogens is 1. The molecule has 0 saturated carbocycles. The van der Waals surface area contributed by atoms with Gasteiger partial charge in [0, 0.05) is 11.6 Å². The van der Waals surface area contributed by atoms with Crippen LogP contribution in [0.5, 0.6) is 5.75 Å². The average Bonchev–Trinajstić information content (AvgIpc) is 2.53. The predicted octanol–water partition coefficient (Wildman–Crippen LogP) is 4.43. The molecule has 122 valence electrons. The summed E-state index contributed by atoms with van der Waals surface area (Å²) in [6, 6.07) is 13.5. The van der Waals surface area contributed by atoms with Crippen molar-refractivity contribution in [2.75, 3.05) is 0 Å². The third-order valence-electron chi connectivity index (χ3n) is 3.62. The third kappa shape index (κ3) is 5.00. The molecule has 1 N–H and O–H groups in total. The molecule has 1 amide bonds. The normalized spacial score (nSPS) is 11.8. The summed E-state index contributed by atoms with van der Waals surface area (Å²) >= 11 is 6.01. The standard InChI is InChI=1S/C19H22ClNO2/c1-4-18(23-16-8-9-17(20)14(3)11-16)19(22)21-12-15-7-5-6-13(2)10-15/h5-11,18H,4,12H2,1-3H3,(H,21,22)/t18-/m1/s1. The Morgan fingerprint density at radius 2 is 2.00 bits per heavy atom. The summed E-state index contributed by atoms with van der Waals surface area (Å²) in [5, 5.41) is 3.62. The van der Waals surface area contributed by atoms with E-state index in [1.54, 1.807) is 12.1 Å². The molecule has 23 heavy (non-hydrogen) atoms. The third-order valence-corrected chi connectivity index (χ3v) is 4.04. The van der Waals surface area contributed by atoms with E-state index in [9.17, 15) is 4.79 Å². The van der Waals surface area contributed by atoms with Crippen molar-refractivity contribution in [1.29, 1.82) is 0 Å². The Labute approximate surface area is 142 Å². The van der Waals surface area contributed by atoms with Crippen LogP contribution in [0.3, 0.4) is 0 Å². The molecule has 0 bridgehead atoms. The number of hydrogen-bond donors (Lipinski definition) is 1. The zero-order valence-corrected chi connectivity index (χ0v) is 14.5. The molecule has 0 aromatic heterocycles. The highest BCUT2D eigenvalue weighted by atomic mass is 35.5. The molecule has 0 saturated heterocycles. The Morgan fingerprint density at radius 3 is 2.65 bits per heavy atom. The number of rotatable bonds is 6. The predicted molar refractivity (Wildman–Crippen MR) is 93.9 cm³/mol. The molecule has 0 aliphatic rings. The largest absolute Gasteiger partial charge is 0.481 e. The highest BCUT2D eigenvalue weighted by molar-refractivity contribution is 6.31. The van der Waals surface area contributed by atoms with Gasteiger partial charge in [-0.05, 0) is 49.6 Å². The van der Waals surface area contributed by atoms with E-state index in [1.165, 1.54) is 5.56 Å². The lowest BCUT2D eigenvalue weighted by Crippen LogP contribution is -2.37. The second kappa shape index (κ2) is 8.02. The lowest BCUT2D eigenvalue weighted by Gasteiger charge is -2.18. The molecule has 3 nitrogen and oxygen atoms in total. The number of nitrogens with one attached hydrogen (secondary N) is 1. The summed E-state index contributed by atoms with van der Waals surface area (Å²) < 4.78 is 5.80. The SMILES string of the molecule is CC[C@@H](Oc1ccc(Cl)c(C)c1)C(=O)NCc1cccc(C)c1. The van der Waals surface area contributed by atoms with Gasteiger partial charge in [-0.2, -0.15) is 0 Å². The molecule has 0 heterocycles. The van der Waals surface area contributed by atoms with Gasteiger partial charge in [-0.25, -0.2) is 0 Å². The molecular weight excluding hydrogens is 310 g/mol. The number of benzene rings is 2. The van der Waals surface area contributed by atoms with Crippen LogP contribution in [0.15, 0.2) is 42.5 Å². The van der Waals surface area contributed by atoms with Gasteiger partial charge in [-0.3, -0.25) is 4.79 Å². The number of carbonyl (C=O) groups is 1.